The molecule has 4 rings (SSSR count). The molecule has 154 valence electrons. The number of rotatable bonds is 5. The van der Waals surface area contributed by atoms with Gasteiger partial charge in [-0.15, -0.1) is 24.8 Å². The maximum Gasteiger partial charge on any atom is 0.133 e. The highest BCUT2D eigenvalue weighted by Crippen LogP contribution is 2.21. The lowest BCUT2D eigenvalue weighted by molar-refractivity contribution is 0.331. The van der Waals surface area contributed by atoms with Gasteiger partial charge in [0.2, 0.25) is 0 Å². The van der Waals surface area contributed by atoms with Crippen molar-refractivity contribution in [2.75, 3.05) is 31.5 Å². The van der Waals surface area contributed by atoms with Gasteiger partial charge < -0.3 is 10.6 Å². The number of fused-ring (bicyclic) bond motifs is 1. The summed E-state index contributed by atoms with van der Waals surface area (Å²) in [5.74, 6) is 1.87. The van der Waals surface area contributed by atoms with Crippen molar-refractivity contribution in [2.24, 2.45) is 0 Å². The number of benzene rings is 1. The van der Waals surface area contributed by atoms with Crippen molar-refractivity contribution in [2.45, 2.75) is 45.7 Å². The van der Waals surface area contributed by atoms with Crippen molar-refractivity contribution in [1.82, 2.24) is 20.2 Å². The molecule has 0 radical (unpaired) electrons. The van der Waals surface area contributed by atoms with Crippen LogP contribution in [0.25, 0.3) is 0 Å². The standard InChI is InChI=1S/C21H29N5.2ClH/c1-16-24-20-8-10-22-9-7-19(20)21(25-16)23-14-17-5-4-6-18(13-17)15-26-11-2-3-12-26;;/h4-6,13,22H,2-3,7-12,14-15H2,1H3,(H,23,24,25);2*1H. The molecule has 2 N–H and O–H groups in total. The topological polar surface area (TPSA) is 53.1 Å². The van der Waals surface area contributed by atoms with Gasteiger partial charge >= 0.3 is 0 Å². The Morgan fingerprint density at radius 1 is 1.04 bits per heavy atom. The van der Waals surface area contributed by atoms with Crippen molar-refractivity contribution in [1.29, 1.82) is 0 Å². The Morgan fingerprint density at radius 3 is 2.61 bits per heavy atom. The summed E-state index contributed by atoms with van der Waals surface area (Å²) in [7, 11) is 0. The van der Waals surface area contributed by atoms with Crippen LogP contribution < -0.4 is 10.6 Å². The van der Waals surface area contributed by atoms with E-state index >= 15 is 0 Å². The first kappa shape index (κ1) is 22.9. The van der Waals surface area contributed by atoms with Crippen LogP contribution in [0.5, 0.6) is 0 Å². The molecule has 0 aliphatic carbocycles. The number of anilines is 1. The van der Waals surface area contributed by atoms with E-state index < -0.39 is 0 Å². The maximum absolute atomic E-state index is 4.69. The number of likely N-dealkylation sites (tertiary alicyclic amines) is 1. The van der Waals surface area contributed by atoms with E-state index in [1.165, 1.54) is 48.3 Å². The van der Waals surface area contributed by atoms with Crippen LogP contribution in [-0.2, 0) is 25.9 Å². The summed E-state index contributed by atoms with van der Waals surface area (Å²) >= 11 is 0. The summed E-state index contributed by atoms with van der Waals surface area (Å²) in [6.45, 7) is 8.35. The van der Waals surface area contributed by atoms with E-state index in [-0.39, 0.29) is 24.8 Å². The van der Waals surface area contributed by atoms with Crippen LogP contribution >= 0.6 is 24.8 Å². The highest BCUT2D eigenvalue weighted by atomic mass is 35.5. The van der Waals surface area contributed by atoms with Crippen molar-refractivity contribution in [3.8, 4) is 0 Å². The normalized spacial score (nSPS) is 16.5. The van der Waals surface area contributed by atoms with Gasteiger partial charge in [0, 0.05) is 31.6 Å². The predicted molar refractivity (Wildman–Crippen MR) is 120 cm³/mol. The lowest BCUT2D eigenvalue weighted by atomic mass is 10.1. The highest BCUT2D eigenvalue weighted by Gasteiger charge is 2.16. The van der Waals surface area contributed by atoms with Gasteiger partial charge in [0.05, 0.1) is 5.69 Å². The second kappa shape index (κ2) is 11.0. The molecule has 1 aromatic heterocycles. The molecule has 5 nitrogen and oxygen atoms in total. The zero-order chi connectivity index (χ0) is 17.8. The number of halogens is 2. The van der Waals surface area contributed by atoms with Gasteiger partial charge in [-0.25, -0.2) is 9.97 Å². The van der Waals surface area contributed by atoms with Gasteiger partial charge in [-0.3, -0.25) is 4.90 Å². The molecule has 0 saturated carbocycles. The molecule has 28 heavy (non-hydrogen) atoms. The average molecular weight is 424 g/mol. The number of hydrogen-bond donors (Lipinski definition) is 2. The Balaban J connectivity index is 0.00000140. The minimum absolute atomic E-state index is 0. The third-order valence-corrected chi connectivity index (χ3v) is 5.35. The molecular formula is C21H31Cl2N5. The molecule has 0 unspecified atom stereocenters. The third-order valence-electron chi connectivity index (χ3n) is 5.35. The average Bonchev–Trinajstić information content (AvgIpc) is 3.03. The second-order valence-electron chi connectivity index (χ2n) is 7.45. The smallest absolute Gasteiger partial charge is 0.133 e. The monoisotopic (exact) mass is 423 g/mol. The molecule has 0 atom stereocenters. The molecular weight excluding hydrogens is 393 g/mol. The molecule has 1 saturated heterocycles. The molecule has 1 fully saturated rings. The van der Waals surface area contributed by atoms with Crippen LogP contribution in [0.1, 0.15) is 41.1 Å². The third kappa shape index (κ3) is 5.80. The van der Waals surface area contributed by atoms with E-state index in [1.807, 2.05) is 6.92 Å². The molecule has 7 heteroatoms. The van der Waals surface area contributed by atoms with Gasteiger partial charge in [0.25, 0.3) is 0 Å². The first-order valence-electron chi connectivity index (χ1n) is 9.89. The summed E-state index contributed by atoms with van der Waals surface area (Å²) in [5, 5.41) is 7.04. The second-order valence-corrected chi connectivity index (χ2v) is 7.45. The quantitative estimate of drug-likeness (QED) is 0.769. The van der Waals surface area contributed by atoms with Gasteiger partial charge in [-0.2, -0.15) is 0 Å². The fourth-order valence-corrected chi connectivity index (χ4v) is 4.04. The summed E-state index contributed by atoms with van der Waals surface area (Å²) < 4.78 is 0. The lowest BCUT2D eigenvalue weighted by Crippen LogP contribution is -2.18. The lowest BCUT2D eigenvalue weighted by Gasteiger charge is -2.16. The van der Waals surface area contributed by atoms with E-state index in [1.54, 1.807) is 0 Å². The van der Waals surface area contributed by atoms with Gasteiger partial charge in [0.1, 0.15) is 11.6 Å². The van der Waals surface area contributed by atoms with Crippen molar-refractivity contribution in [3.05, 3.63) is 52.5 Å². The maximum atomic E-state index is 4.69. The minimum Gasteiger partial charge on any atom is -0.366 e. The summed E-state index contributed by atoms with van der Waals surface area (Å²) in [5.41, 5.74) is 5.22. The molecule has 2 aromatic rings. The molecule has 1 aromatic carbocycles. The van der Waals surface area contributed by atoms with E-state index in [0.29, 0.717) is 0 Å². The van der Waals surface area contributed by atoms with Gasteiger partial charge in [-0.1, -0.05) is 24.3 Å². The zero-order valence-electron chi connectivity index (χ0n) is 16.5. The van der Waals surface area contributed by atoms with Crippen molar-refractivity contribution < 1.29 is 0 Å². The first-order chi connectivity index (χ1) is 12.8. The van der Waals surface area contributed by atoms with Crippen LogP contribution in [0.3, 0.4) is 0 Å². The van der Waals surface area contributed by atoms with Crippen LogP contribution in [-0.4, -0.2) is 41.0 Å². The van der Waals surface area contributed by atoms with E-state index in [4.69, 9.17) is 4.98 Å². The molecule has 0 spiro atoms. The van der Waals surface area contributed by atoms with Crippen LogP contribution in [0.15, 0.2) is 24.3 Å². The van der Waals surface area contributed by atoms with Crippen molar-refractivity contribution >= 4 is 30.6 Å². The van der Waals surface area contributed by atoms with Crippen LogP contribution in [0, 0.1) is 6.92 Å². The van der Waals surface area contributed by atoms with E-state index in [2.05, 4.69) is 44.8 Å². The number of nitrogens with zero attached hydrogens (tertiary/aromatic N) is 3. The largest absolute Gasteiger partial charge is 0.366 e. The fourth-order valence-electron chi connectivity index (χ4n) is 4.04. The number of aryl methyl sites for hydroxylation is 1. The van der Waals surface area contributed by atoms with E-state index in [0.717, 1.165) is 50.7 Å². The van der Waals surface area contributed by atoms with Gasteiger partial charge in [0.15, 0.2) is 0 Å². The van der Waals surface area contributed by atoms with Gasteiger partial charge in [-0.05, 0) is 56.9 Å². The van der Waals surface area contributed by atoms with Crippen molar-refractivity contribution in [3.63, 3.8) is 0 Å². The Bertz CT molecular complexity index is 762. The zero-order valence-corrected chi connectivity index (χ0v) is 18.2. The molecule has 2 aliphatic rings. The minimum atomic E-state index is 0. The first-order valence-corrected chi connectivity index (χ1v) is 9.89. The summed E-state index contributed by atoms with van der Waals surface area (Å²) in [6, 6.07) is 8.96. The molecule has 0 amide bonds. The Hall–Kier alpha value is -1.40. The Kier molecular flexibility index (Phi) is 8.96. The molecule has 2 aliphatic heterocycles. The predicted octanol–water partition coefficient (Wildman–Crippen LogP) is 3.52. The molecule has 3 heterocycles. The summed E-state index contributed by atoms with van der Waals surface area (Å²) in [4.78, 5) is 11.9. The SMILES string of the molecule is Cc1nc2c(c(NCc3cccc(CN4CCCC4)c3)n1)CCNCC2.Cl.Cl. The highest BCUT2D eigenvalue weighted by molar-refractivity contribution is 5.85. The number of nitrogens with one attached hydrogen (secondary N) is 2. The molecule has 0 bridgehead atoms. The summed E-state index contributed by atoms with van der Waals surface area (Å²) in [6.07, 6.45) is 4.66. The number of hydrogen-bond acceptors (Lipinski definition) is 5. The fraction of sp³-hybridized carbons (Fsp3) is 0.524. The van der Waals surface area contributed by atoms with E-state index in [9.17, 15) is 0 Å². The Morgan fingerprint density at radius 2 is 1.79 bits per heavy atom. The van der Waals surface area contributed by atoms with Crippen LogP contribution in [0.2, 0.25) is 0 Å². The number of aromatic nitrogens is 2. The Labute approximate surface area is 180 Å². The van der Waals surface area contributed by atoms with Crippen LogP contribution in [0.4, 0.5) is 5.82 Å².